The number of carbonyl (C=O) groups excluding carboxylic acids is 1. The number of benzene rings is 2. The summed E-state index contributed by atoms with van der Waals surface area (Å²) >= 11 is 0. The lowest BCUT2D eigenvalue weighted by atomic mass is 9.98. The highest BCUT2D eigenvalue weighted by molar-refractivity contribution is 5.78. The number of ether oxygens (including phenoxy) is 1. The van der Waals surface area contributed by atoms with Gasteiger partial charge in [-0.3, -0.25) is 4.79 Å². The predicted molar refractivity (Wildman–Crippen MR) is 108 cm³/mol. The molecule has 1 amide bonds. The molecule has 2 aromatic carbocycles. The quantitative estimate of drug-likeness (QED) is 0.659. The Morgan fingerprint density at radius 1 is 1.19 bits per heavy atom. The molecule has 3 rings (SSSR count). The first-order valence-corrected chi connectivity index (χ1v) is 9.41. The molecule has 0 fully saturated rings. The van der Waals surface area contributed by atoms with Crippen molar-refractivity contribution in [3.05, 3.63) is 65.5 Å². The molecule has 1 unspecified atom stereocenters. The Morgan fingerprint density at radius 2 is 1.93 bits per heavy atom. The monoisotopic (exact) mass is 365 g/mol. The van der Waals surface area contributed by atoms with Crippen LogP contribution in [-0.4, -0.2) is 29.2 Å². The Morgan fingerprint density at radius 3 is 2.63 bits per heavy atom. The Kier molecular flexibility index (Phi) is 6.24. The average molecular weight is 365 g/mol. The zero-order chi connectivity index (χ0) is 19.2. The van der Waals surface area contributed by atoms with Gasteiger partial charge in [-0.25, -0.2) is 4.98 Å². The van der Waals surface area contributed by atoms with Crippen LogP contribution in [0, 0.1) is 0 Å². The molecule has 0 saturated heterocycles. The molecular formula is C22H27N3O2. The van der Waals surface area contributed by atoms with Gasteiger partial charge in [0.15, 0.2) is 0 Å². The maximum absolute atomic E-state index is 11.8. The second-order valence-corrected chi connectivity index (χ2v) is 6.86. The number of imidazole rings is 1. The molecule has 0 saturated carbocycles. The molecule has 5 heteroatoms. The maximum Gasteiger partial charge on any atom is 0.246 e. The molecule has 0 aliphatic carbocycles. The third kappa shape index (κ3) is 4.55. The molecule has 3 aromatic rings. The van der Waals surface area contributed by atoms with E-state index in [4.69, 9.17) is 9.72 Å². The van der Waals surface area contributed by atoms with Crippen LogP contribution in [0.3, 0.4) is 0 Å². The van der Waals surface area contributed by atoms with Gasteiger partial charge in [-0.2, -0.15) is 0 Å². The highest BCUT2D eigenvalue weighted by Gasteiger charge is 2.12. The number of aromatic nitrogens is 2. The van der Waals surface area contributed by atoms with Gasteiger partial charge < -0.3 is 14.6 Å². The number of amides is 1. The molecule has 0 radical (unpaired) electrons. The maximum atomic E-state index is 11.8. The van der Waals surface area contributed by atoms with E-state index in [1.54, 1.807) is 0 Å². The van der Waals surface area contributed by atoms with Gasteiger partial charge in [0.2, 0.25) is 5.91 Å². The van der Waals surface area contributed by atoms with Gasteiger partial charge in [0.25, 0.3) is 0 Å². The van der Waals surface area contributed by atoms with Crippen molar-refractivity contribution in [3.63, 3.8) is 0 Å². The summed E-state index contributed by atoms with van der Waals surface area (Å²) in [5, 5.41) is 2.87. The number of hydrogen-bond donors (Lipinski definition) is 1. The van der Waals surface area contributed by atoms with Crippen LogP contribution in [0.5, 0.6) is 0 Å². The highest BCUT2D eigenvalue weighted by Crippen LogP contribution is 2.21. The number of hydrogen-bond acceptors (Lipinski definition) is 3. The van der Waals surface area contributed by atoms with Crippen molar-refractivity contribution >= 4 is 16.9 Å². The number of fused-ring (bicyclic) bond motifs is 1. The fourth-order valence-electron chi connectivity index (χ4n) is 3.17. The van der Waals surface area contributed by atoms with Crippen LogP contribution in [0.2, 0.25) is 0 Å². The number of rotatable bonds is 8. The zero-order valence-electron chi connectivity index (χ0n) is 16.2. The Hall–Kier alpha value is -2.66. The van der Waals surface area contributed by atoms with Crippen molar-refractivity contribution < 1.29 is 9.53 Å². The van der Waals surface area contributed by atoms with Crippen molar-refractivity contribution in [1.29, 1.82) is 0 Å². The van der Waals surface area contributed by atoms with Crippen LogP contribution in [0.25, 0.3) is 11.0 Å². The lowest BCUT2D eigenvalue weighted by Crippen LogP contribution is -2.28. The first kappa shape index (κ1) is 19.1. The van der Waals surface area contributed by atoms with Gasteiger partial charge in [0.05, 0.1) is 17.6 Å². The van der Waals surface area contributed by atoms with E-state index in [1.807, 2.05) is 18.2 Å². The van der Waals surface area contributed by atoms with Gasteiger partial charge in [-0.1, -0.05) is 50.2 Å². The van der Waals surface area contributed by atoms with Crippen LogP contribution >= 0.6 is 0 Å². The van der Waals surface area contributed by atoms with Gasteiger partial charge >= 0.3 is 0 Å². The molecular weight excluding hydrogens is 338 g/mol. The minimum absolute atomic E-state index is 0.0529. The van der Waals surface area contributed by atoms with Crippen LogP contribution in [-0.2, 0) is 22.6 Å². The van der Waals surface area contributed by atoms with Crippen molar-refractivity contribution in [1.82, 2.24) is 14.9 Å². The number of para-hydroxylation sites is 2. The molecule has 0 bridgehead atoms. The lowest BCUT2D eigenvalue weighted by molar-refractivity contribution is -0.124. The number of methoxy groups -OCH3 is 1. The van der Waals surface area contributed by atoms with Gasteiger partial charge in [0, 0.05) is 13.7 Å². The minimum atomic E-state index is -0.144. The molecule has 142 valence electrons. The summed E-state index contributed by atoms with van der Waals surface area (Å²) in [6.45, 7) is 5.61. The third-order valence-corrected chi connectivity index (χ3v) is 4.95. The first-order chi connectivity index (χ1) is 13.1. The fraction of sp³-hybridized carbons (Fsp3) is 0.364. The predicted octanol–water partition coefficient (Wildman–Crippen LogP) is 3.86. The molecule has 1 aromatic heterocycles. The van der Waals surface area contributed by atoms with E-state index in [2.05, 4.69) is 54.1 Å². The van der Waals surface area contributed by atoms with Gasteiger partial charge in [-0.05, 0) is 35.6 Å². The Balaban J connectivity index is 1.85. The summed E-state index contributed by atoms with van der Waals surface area (Å²) in [6.07, 6.45) is 1.14. The molecule has 1 atom stereocenters. The SMILES string of the molecule is CCC(C)c1ccc(Cn2c(CNC(=O)COC)nc3ccccc32)cc1. The molecule has 27 heavy (non-hydrogen) atoms. The van der Waals surface area contributed by atoms with Crippen LogP contribution in [0.15, 0.2) is 48.5 Å². The smallest absolute Gasteiger partial charge is 0.246 e. The van der Waals surface area contributed by atoms with Crippen molar-refractivity contribution in [2.75, 3.05) is 13.7 Å². The number of carbonyl (C=O) groups is 1. The van der Waals surface area contributed by atoms with Crippen molar-refractivity contribution in [2.45, 2.75) is 39.3 Å². The van der Waals surface area contributed by atoms with Crippen LogP contribution in [0.1, 0.15) is 43.1 Å². The lowest BCUT2D eigenvalue weighted by Gasteiger charge is -2.13. The van der Waals surface area contributed by atoms with Crippen LogP contribution < -0.4 is 5.32 Å². The largest absolute Gasteiger partial charge is 0.375 e. The standard InChI is InChI=1S/C22H27N3O2/c1-4-16(2)18-11-9-17(10-12-18)14-25-20-8-6-5-7-19(20)24-21(25)13-23-22(26)15-27-3/h5-12,16H,4,13-15H2,1-3H3,(H,23,26). The van der Waals surface area contributed by atoms with Crippen molar-refractivity contribution in [3.8, 4) is 0 Å². The summed E-state index contributed by atoms with van der Waals surface area (Å²) in [7, 11) is 1.51. The second kappa shape index (κ2) is 8.82. The van der Waals surface area contributed by atoms with Gasteiger partial charge in [0.1, 0.15) is 12.4 Å². The minimum Gasteiger partial charge on any atom is -0.375 e. The summed E-state index contributed by atoms with van der Waals surface area (Å²) < 4.78 is 7.04. The first-order valence-electron chi connectivity index (χ1n) is 9.41. The van der Waals surface area contributed by atoms with E-state index in [9.17, 15) is 4.79 Å². The average Bonchev–Trinajstić information content (AvgIpc) is 3.04. The highest BCUT2D eigenvalue weighted by atomic mass is 16.5. The molecule has 0 aliphatic rings. The van der Waals surface area contributed by atoms with E-state index in [0.29, 0.717) is 12.5 Å². The second-order valence-electron chi connectivity index (χ2n) is 6.86. The summed E-state index contributed by atoms with van der Waals surface area (Å²) in [6, 6.07) is 16.8. The van der Waals surface area contributed by atoms with E-state index in [-0.39, 0.29) is 12.5 Å². The van der Waals surface area contributed by atoms with Crippen LogP contribution in [0.4, 0.5) is 0 Å². The van der Waals surface area contributed by atoms with E-state index >= 15 is 0 Å². The Labute approximate surface area is 160 Å². The van der Waals surface area contributed by atoms with E-state index in [0.717, 1.165) is 29.8 Å². The molecule has 5 nitrogen and oxygen atoms in total. The van der Waals surface area contributed by atoms with Gasteiger partial charge in [-0.15, -0.1) is 0 Å². The van der Waals surface area contributed by atoms with E-state index in [1.165, 1.54) is 18.2 Å². The summed E-state index contributed by atoms with van der Waals surface area (Å²) in [5.74, 6) is 1.26. The molecule has 0 spiro atoms. The molecule has 1 heterocycles. The van der Waals surface area contributed by atoms with E-state index < -0.39 is 0 Å². The normalized spacial score (nSPS) is 12.3. The molecule has 0 aliphatic heterocycles. The van der Waals surface area contributed by atoms with Crippen molar-refractivity contribution in [2.24, 2.45) is 0 Å². The fourth-order valence-corrected chi connectivity index (χ4v) is 3.17. The summed E-state index contributed by atoms with van der Waals surface area (Å²) in [4.78, 5) is 16.5. The number of nitrogens with one attached hydrogen (secondary N) is 1. The summed E-state index contributed by atoms with van der Waals surface area (Å²) in [5.41, 5.74) is 4.59. The number of nitrogens with zero attached hydrogens (tertiary/aromatic N) is 2. The Bertz CT molecular complexity index is 900. The third-order valence-electron chi connectivity index (χ3n) is 4.95. The zero-order valence-corrected chi connectivity index (χ0v) is 16.2. The topological polar surface area (TPSA) is 56.2 Å². The molecule has 1 N–H and O–H groups in total.